The average molecular weight is 339 g/mol. The van der Waals surface area contributed by atoms with Gasteiger partial charge in [0.2, 0.25) is 0 Å². The first-order valence-corrected chi connectivity index (χ1v) is 7.94. The molecule has 0 saturated carbocycles. The van der Waals surface area contributed by atoms with Crippen molar-refractivity contribution < 1.29 is 9.13 Å². The topological polar surface area (TPSA) is 9.23 Å². The molecule has 3 aromatic rings. The molecular formula is C21H16ClFO. The number of ether oxygens (including phenoxy) is 1. The highest BCUT2D eigenvalue weighted by Crippen LogP contribution is 2.32. The van der Waals surface area contributed by atoms with E-state index < -0.39 is 0 Å². The van der Waals surface area contributed by atoms with Crippen molar-refractivity contribution in [1.82, 2.24) is 0 Å². The van der Waals surface area contributed by atoms with E-state index in [1.54, 1.807) is 12.1 Å². The fourth-order valence-electron chi connectivity index (χ4n) is 2.46. The van der Waals surface area contributed by atoms with Gasteiger partial charge in [0, 0.05) is 16.1 Å². The molecule has 3 aromatic carbocycles. The van der Waals surface area contributed by atoms with Gasteiger partial charge in [-0.1, -0.05) is 60.7 Å². The van der Waals surface area contributed by atoms with Gasteiger partial charge in [0.15, 0.2) is 0 Å². The molecule has 1 nitrogen and oxygen atoms in total. The van der Waals surface area contributed by atoms with E-state index in [-0.39, 0.29) is 5.82 Å². The second kappa shape index (κ2) is 7.33. The van der Waals surface area contributed by atoms with E-state index >= 15 is 0 Å². The largest absolute Gasteiger partial charge is 0.488 e. The minimum absolute atomic E-state index is 0.320. The maximum Gasteiger partial charge on any atom is 0.127 e. The van der Waals surface area contributed by atoms with E-state index in [0.717, 1.165) is 22.4 Å². The summed E-state index contributed by atoms with van der Waals surface area (Å²) in [6.45, 7) is 4.31. The zero-order valence-corrected chi connectivity index (χ0v) is 13.8. The van der Waals surface area contributed by atoms with Gasteiger partial charge in [0.25, 0.3) is 0 Å². The van der Waals surface area contributed by atoms with Crippen LogP contribution < -0.4 is 4.74 Å². The van der Waals surface area contributed by atoms with Gasteiger partial charge in [0.1, 0.15) is 18.2 Å². The van der Waals surface area contributed by atoms with E-state index in [2.05, 4.69) is 6.58 Å². The quantitative estimate of drug-likeness (QED) is 0.525. The van der Waals surface area contributed by atoms with Crippen LogP contribution in [0.5, 0.6) is 5.75 Å². The summed E-state index contributed by atoms with van der Waals surface area (Å²) in [7, 11) is 0. The van der Waals surface area contributed by atoms with Crippen molar-refractivity contribution in [3.63, 3.8) is 0 Å². The number of benzene rings is 3. The zero-order chi connectivity index (χ0) is 16.9. The second-order valence-corrected chi connectivity index (χ2v) is 5.76. The highest BCUT2D eigenvalue weighted by molar-refractivity contribution is 6.33. The van der Waals surface area contributed by atoms with E-state index in [0.29, 0.717) is 17.2 Å². The normalized spacial score (nSPS) is 10.4. The Kier molecular flexibility index (Phi) is 4.97. The molecule has 0 aliphatic carbocycles. The molecule has 0 aromatic heterocycles. The Hall–Kier alpha value is -2.58. The molecule has 0 saturated heterocycles. The predicted molar refractivity (Wildman–Crippen MR) is 97.7 cm³/mol. The van der Waals surface area contributed by atoms with Crippen LogP contribution in [0, 0.1) is 5.82 Å². The molecule has 0 heterocycles. The van der Waals surface area contributed by atoms with Crippen molar-refractivity contribution in [2.75, 3.05) is 0 Å². The summed E-state index contributed by atoms with van der Waals surface area (Å²) in [6, 6.07) is 19.9. The molecule has 0 aliphatic heterocycles. The van der Waals surface area contributed by atoms with Crippen LogP contribution in [0.15, 0.2) is 73.3 Å². The molecular weight excluding hydrogens is 323 g/mol. The zero-order valence-electron chi connectivity index (χ0n) is 13.0. The lowest BCUT2D eigenvalue weighted by atomic mass is 10.0. The molecule has 120 valence electrons. The summed E-state index contributed by atoms with van der Waals surface area (Å²) in [4.78, 5) is 0. The van der Waals surface area contributed by atoms with E-state index in [9.17, 15) is 4.39 Å². The minimum Gasteiger partial charge on any atom is -0.488 e. The first-order valence-electron chi connectivity index (χ1n) is 7.56. The Morgan fingerprint density at radius 3 is 2.54 bits per heavy atom. The smallest absolute Gasteiger partial charge is 0.127 e. The van der Waals surface area contributed by atoms with Crippen LogP contribution in [0.1, 0.15) is 11.1 Å². The molecule has 0 spiro atoms. The number of halogens is 2. The Labute approximate surface area is 146 Å². The third-order valence-corrected chi connectivity index (χ3v) is 4.04. The maximum absolute atomic E-state index is 13.5. The molecule has 0 atom stereocenters. The van der Waals surface area contributed by atoms with Crippen molar-refractivity contribution in [3.8, 4) is 16.9 Å². The number of rotatable bonds is 5. The standard InChI is InChI=1S/C21H16ClFO/c1-2-16-12-17(19-13-18(23)9-10-20(19)22)8-11-21(16)24-14-15-6-4-3-5-7-15/h2-13H,1,14H2. The fourth-order valence-corrected chi connectivity index (χ4v) is 2.69. The number of hydrogen-bond donors (Lipinski definition) is 0. The molecule has 3 heteroatoms. The van der Waals surface area contributed by atoms with Crippen LogP contribution in [-0.4, -0.2) is 0 Å². The lowest BCUT2D eigenvalue weighted by molar-refractivity contribution is 0.305. The first-order chi connectivity index (χ1) is 11.7. The Bertz CT molecular complexity index is 859. The molecule has 0 radical (unpaired) electrons. The Morgan fingerprint density at radius 2 is 1.79 bits per heavy atom. The maximum atomic E-state index is 13.5. The van der Waals surface area contributed by atoms with Crippen molar-refractivity contribution in [2.24, 2.45) is 0 Å². The van der Waals surface area contributed by atoms with Crippen molar-refractivity contribution >= 4 is 17.7 Å². The van der Waals surface area contributed by atoms with Gasteiger partial charge in [-0.15, -0.1) is 0 Å². The monoisotopic (exact) mass is 338 g/mol. The number of hydrogen-bond acceptors (Lipinski definition) is 1. The third kappa shape index (κ3) is 3.66. The molecule has 0 fully saturated rings. The third-order valence-electron chi connectivity index (χ3n) is 3.71. The SMILES string of the molecule is C=Cc1cc(-c2cc(F)ccc2Cl)ccc1OCc1ccccc1. The van der Waals surface area contributed by atoms with E-state index in [1.807, 2.05) is 48.5 Å². The average Bonchev–Trinajstić information content (AvgIpc) is 2.62. The minimum atomic E-state index is -0.320. The molecule has 3 rings (SSSR count). The summed E-state index contributed by atoms with van der Waals surface area (Å²) in [6.07, 6.45) is 1.72. The summed E-state index contributed by atoms with van der Waals surface area (Å²) in [5.41, 5.74) is 3.39. The van der Waals surface area contributed by atoms with Crippen molar-refractivity contribution in [1.29, 1.82) is 0 Å². The summed E-state index contributed by atoms with van der Waals surface area (Å²) < 4.78 is 19.4. The van der Waals surface area contributed by atoms with Gasteiger partial charge < -0.3 is 4.74 Å². The lowest BCUT2D eigenvalue weighted by Crippen LogP contribution is -1.97. The van der Waals surface area contributed by atoms with Crippen LogP contribution in [0.2, 0.25) is 5.02 Å². The van der Waals surface area contributed by atoms with E-state index in [1.165, 1.54) is 12.1 Å². The van der Waals surface area contributed by atoms with Crippen molar-refractivity contribution in [2.45, 2.75) is 6.61 Å². The molecule has 0 N–H and O–H groups in total. The van der Waals surface area contributed by atoms with Crippen LogP contribution in [-0.2, 0) is 6.61 Å². The molecule has 0 bridgehead atoms. The first kappa shape index (κ1) is 16.3. The van der Waals surface area contributed by atoms with Gasteiger partial charge in [-0.05, 0) is 41.5 Å². The summed E-state index contributed by atoms with van der Waals surface area (Å²) in [5, 5.41) is 0.504. The highest BCUT2D eigenvalue weighted by atomic mass is 35.5. The molecule has 0 amide bonds. The Balaban J connectivity index is 1.88. The molecule has 24 heavy (non-hydrogen) atoms. The Morgan fingerprint density at radius 1 is 1.00 bits per heavy atom. The predicted octanol–water partition coefficient (Wildman–Crippen LogP) is 6.37. The molecule has 0 aliphatic rings. The van der Waals surface area contributed by atoms with Crippen molar-refractivity contribution in [3.05, 3.63) is 95.3 Å². The second-order valence-electron chi connectivity index (χ2n) is 5.36. The van der Waals surface area contributed by atoms with Crippen LogP contribution in [0.25, 0.3) is 17.2 Å². The van der Waals surface area contributed by atoms with Gasteiger partial charge in [-0.3, -0.25) is 0 Å². The fraction of sp³-hybridized carbons (Fsp3) is 0.0476. The van der Waals surface area contributed by atoms with Gasteiger partial charge in [0.05, 0.1) is 0 Å². The lowest BCUT2D eigenvalue weighted by Gasteiger charge is -2.12. The van der Waals surface area contributed by atoms with Gasteiger partial charge in [-0.25, -0.2) is 4.39 Å². The van der Waals surface area contributed by atoms with Gasteiger partial charge >= 0.3 is 0 Å². The van der Waals surface area contributed by atoms with Crippen LogP contribution in [0.4, 0.5) is 4.39 Å². The highest BCUT2D eigenvalue weighted by Gasteiger charge is 2.09. The summed E-state index contributed by atoms with van der Waals surface area (Å²) >= 11 is 6.18. The van der Waals surface area contributed by atoms with Gasteiger partial charge in [-0.2, -0.15) is 0 Å². The van der Waals surface area contributed by atoms with Crippen LogP contribution >= 0.6 is 11.6 Å². The van der Waals surface area contributed by atoms with Crippen LogP contribution in [0.3, 0.4) is 0 Å². The molecule has 0 unspecified atom stereocenters. The van der Waals surface area contributed by atoms with E-state index in [4.69, 9.17) is 16.3 Å². The summed E-state index contributed by atoms with van der Waals surface area (Å²) in [5.74, 6) is 0.407.